The van der Waals surface area contributed by atoms with Gasteiger partial charge in [0.2, 0.25) is 5.91 Å². The number of nitrogens with one attached hydrogen (secondary N) is 4. The second kappa shape index (κ2) is 32.5. The number of aromatic nitrogens is 12. The lowest BCUT2D eigenvalue weighted by Crippen LogP contribution is -2.51. The molecule has 6 aromatic carbocycles. The van der Waals surface area contributed by atoms with E-state index in [2.05, 4.69) is 110 Å². The summed E-state index contributed by atoms with van der Waals surface area (Å²) >= 11 is 0. The molecular formula is C85H92F3N19O5. The number of nitrogens with two attached hydrogens (primary N) is 3. The fourth-order valence-electron chi connectivity index (χ4n) is 14.4. The molecule has 12 aromatic rings. The molecule has 0 saturated carbocycles. The van der Waals surface area contributed by atoms with Crippen LogP contribution in [0.2, 0.25) is 0 Å². The van der Waals surface area contributed by atoms with E-state index >= 15 is 0 Å². The van der Waals surface area contributed by atoms with Crippen molar-refractivity contribution in [3.63, 3.8) is 0 Å². The van der Waals surface area contributed by atoms with Crippen LogP contribution in [0.3, 0.4) is 0 Å². The van der Waals surface area contributed by atoms with Crippen LogP contribution < -0.4 is 38.5 Å². The number of amides is 4. The predicted molar refractivity (Wildman–Crippen MR) is 429 cm³/mol. The minimum atomic E-state index is -4.53. The van der Waals surface area contributed by atoms with Crippen LogP contribution in [-0.2, 0) is 31.0 Å². The summed E-state index contributed by atoms with van der Waals surface area (Å²) in [5.74, 6) is 0.834. The number of benzene rings is 6. The van der Waals surface area contributed by atoms with Crippen molar-refractivity contribution in [1.29, 1.82) is 0 Å². The summed E-state index contributed by atoms with van der Waals surface area (Å²) in [7, 11) is 0. The summed E-state index contributed by atoms with van der Waals surface area (Å²) in [5.41, 5.74) is 30.6. The summed E-state index contributed by atoms with van der Waals surface area (Å²) in [6.07, 6.45) is 6.45. The molecule has 578 valence electrons. The zero-order chi connectivity index (χ0) is 80.1. The Morgan fingerprint density at radius 2 is 0.857 bits per heavy atom. The van der Waals surface area contributed by atoms with Crippen molar-refractivity contribution in [2.24, 2.45) is 22.7 Å². The van der Waals surface area contributed by atoms with Gasteiger partial charge in [0.1, 0.15) is 53.5 Å². The van der Waals surface area contributed by atoms with Gasteiger partial charge in [0.15, 0.2) is 16.9 Å². The number of rotatable bonds is 18. The molecule has 112 heavy (non-hydrogen) atoms. The maximum absolute atomic E-state index is 13.4. The Hall–Kier alpha value is -12.7. The van der Waals surface area contributed by atoms with Gasteiger partial charge in [0, 0.05) is 65.9 Å². The van der Waals surface area contributed by atoms with Crippen molar-refractivity contribution in [2.45, 2.75) is 145 Å². The van der Waals surface area contributed by atoms with Crippen molar-refractivity contribution in [3.05, 3.63) is 239 Å². The highest BCUT2D eigenvalue weighted by Crippen LogP contribution is 2.46. The fraction of sp³-hybridized carbons (Fsp3) is 0.306. The first-order chi connectivity index (χ1) is 53.2. The number of alkyl halides is 3. The number of aryl methyl sites for hydroxylation is 3. The van der Waals surface area contributed by atoms with E-state index in [0.29, 0.717) is 93.0 Å². The molecule has 27 heteroatoms. The zero-order valence-corrected chi connectivity index (χ0v) is 64.4. The number of halogens is 3. The lowest BCUT2D eigenvalue weighted by molar-refractivity contribution is -0.152. The zero-order valence-electron chi connectivity index (χ0n) is 64.4. The van der Waals surface area contributed by atoms with Crippen LogP contribution in [0.5, 0.6) is 0 Å². The number of aliphatic hydroxyl groups excluding tert-OH is 1. The third-order valence-electron chi connectivity index (χ3n) is 20.4. The lowest BCUT2D eigenvalue weighted by atomic mass is 9.79. The topological polar surface area (TPSA) is 345 Å². The molecule has 0 spiro atoms. The molecule has 5 atom stereocenters. The molecule has 14 rings (SSSR count). The summed E-state index contributed by atoms with van der Waals surface area (Å²) in [6, 6.07) is 45.5. The van der Waals surface area contributed by atoms with E-state index in [1.54, 1.807) is 24.3 Å². The van der Waals surface area contributed by atoms with E-state index < -0.39 is 24.0 Å². The van der Waals surface area contributed by atoms with Crippen molar-refractivity contribution in [2.75, 3.05) is 17.2 Å². The van der Waals surface area contributed by atoms with Crippen LogP contribution >= 0.6 is 0 Å². The van der Waals surface area contributed by atoms with Crippen LogP contribution in [0.1, 0.15) is 151 Å². The Balaban J connectivity index is 0.000000156. The first-order valence-corrected chi connectivity index (χ1v) is 36.9. The molecule has 0 bridgehead atoms. The second-order valence-corrected chi connectivity index (χ2v) is 31.1. The van der Waals surface area contributed by atoms with Gasteiger partial charge < -0.3 is 43.6 Å². The number of allylic oxidation sites excluding steroid dienone is 4. The van der Waals surface area contributed by atoms with Crippen molar-refractivity contribution >= 4 is 74.2 Å². The van der Waals surface area contributed by atoms with Gasteiger partial charge in [-0.25, -0.2) is 43.9 Å². The predicted octanol–water partition coefficient (Wildman–Crippen LogP) is 15.0. The largest absolute Gasteiger partial charge is 0.512 e. The van der Waals surface area contributed by atoms with Gasteiger partial charge in [-0.05, 0) is 115 Å². The van der Waals surface area contributed by atoms with Crippen LogP contribution in [0, 0.1) is 43.4 Å². The Labute approximate surface area is 646 Å². The van der Waals surface area contributed by atoms with E-state index in [9.17, 15) is 37.5 Å². The van der Waals surface area contributed by atoms with Crippen LogP contribution in [-0.4, -0.2) is 99.7 Å². The molecule has 6 heterocycles. The Morgan fingerprint density at radius 3 is 1.21 bits per heavy atom. The number of carbonyl (C=O) groups is 4. The molecule has 0 radical (unpaired) electrons. The van der Waals surface area contributed by atoms with Gasteiger partial charge >= 0.3 is 6.18 Å². The average molecular weight is 1520 g/mol. The number of aliphatic hydroxyl groups is 1. The van der Waals surface area contributed by atoms with E-state index in [4.69, 9.17) is 27.4 Å². The van der Waals surface area contributed by atoms with Crippen LogP contribution in [0.4, 0.5) is 30.6 Å². The highest BCUT2D eigenvalue weighted by molar-refractivity contribution is 6.01. The smallest absolute Gasteiger partial charge is 0.391 e. The van der Waals surface area contributed by atoms with E-state index in [1.165, 1.54) is 30.6 Å². The van der Waals surface area contributed by atoms with Crippen molar-refractivity contribution in [3.8, 4) is 33.8 Å². The summed E-state index contributed by atoms with van der Waals surface area (Å²) in [5, 5.41) is 38.2. The van der Waals surface area contributed by atoms with Gasteiger partial charge in [-0.3, -0.25) is 19.2 Å². The quantitative estimate of drug-likeness (QED) is 0.0370. The summed E-state index contributed by atoms with van der Waals surface area (Å²) < 4.78 is 45.2. The van der Waals surface area contributed by atoms with Crippen molar-refractivity contribution < 1.29 is 37.5 Å². The molecule has 5 unspecified atom stereocenters. The van der Waals surface area contributed by atoms with Gasteiger partial charge in [0.25, 0.3) is 17.7 Å². The van der Waals surface area contributed by atoms with Gasteiger partial charge in [0.05, 0.1) is 52.5 Å². The molecule has 6 aromatic heterocycles. The minimum absolute atomic E-state index is 0.0357. The summed E-state index contributed by atoms with van der Waals surface area (Å²) in [4.78, 5) is 75.1. The van der Waals surface area contributed by atoms with E-state index in [-0.39, 0.29) is 64.6 Å². The number of fused-ring (bicyclic) bond motifs is 3. The second-order valence-electron chi connectivity index (χ2n) is 31.1. The van der Waals surface area contributed by atoms with Crippen molar-refractivity contribution in [1.82, 2.24) is 80.5 Å². The monoisotopic (exact) mass is 1520 g/mol. The molecule has 0 aliphatic heterocycles. The van der Waals surface area contributed by atoms with Crippen LogP contribution in [0.25, 0.3) is 66.9 Å². The average Bonchev–Trinajstić information content (AvgIpc) is 1.61. The third kappa shape index (κ3) is 17.9. The normalized spacial score (nSPS) is 16.1. The molecular weight excluding hydrogens is 1420 g/mol. The number of anilines is 3. The van der Waals surface area contributed by atoms with Gasteiger partial charge in [-0.1, -0.05) is 181 Å². The Bertz CT molecular complexity index is 5540. The highest BCUT2D eigenvalue weighted by Gasteiger charge is 2.42. The SMILES string of the molecule is CC(=O)NC(C)(Cn1nc(-c2ccc(CNC(=O)c3ccccc3C)cc2)c2c(N)ncnc21)CC(F)(F)F.Cc1ccccc1C(=O)NCc1ccc(-c2nn(C3C=C(O)C(C(C)(C)C)C3)c3ncnc(N)c23)cc1.Cc1ccccc1C(=O)NCc1ccc(-c2nn(C3C=CC(C(C)(C)C)C3)c3ncnc(N)c23)cc1. The maximum Gasteiger partial charge on any atom is 0.391 e. The van der Waals surface area contributed by atoms with E-state index in [0.717, 1.165) is 81.0 Å². The number of carbonyl (C=O) groups excluding carboxylic acids is 4. The van der Waals surface area contributed by atoms with Gasteiger partial charge in [-0.2, -0.15) is 28.5 Å². The molecule has 2 aliphatic rings. The minimum Gasteiger partial charge on any atom is -0.512 e. The van der Waals surface area contributed by atoms with Gasteiger partial charge in [-0.15, -0.1) is 0 Å². The molecule has 11 N–H and O–H groups in total. The number of nitrogens with zero attached hydrogens (tertiary/aromatic N) is 12. The first kappa shape index (κ1) is 78.9. The van der Waals surface area contributed by atoms with E-state index in [1.807, 2.05) is 158 Å². The summed E-state index contributed by atoms with van der Waals surface area (Å²) in [6.45, 7) is 22.2. The lowest BCUT2D eigenvalue weighted by Gasteiger charge is -2.31. The number of nitrogen functional groups attached to an aromatic ring is 3. The molecule has 4 amide bonds. The standard InChI is InChI=1S/C29H32N6O2.C29H32N6O.C27H28F3N7O2/c1-17-7-5-6-8-21(17)28(37)31-15-18-9-11-19(12-10-18)25-24-26(30)32-16-33-27(24)35(34-25)20-13-22(23(36)14-20)29(2,3)4;1-18-7-5-6-8-23(18)28(36)31-16-19-9-11-20(12-10-19)25-24-26(30)32-17-33-27(24)35(34-25)22-14-13-21(15-22)29(2,3)4;1-16-6-4-5-7-20(16)25(39)32-12-18-8-10-19(11-9-18)22-21-23(31)33-15-34-24(21)37(36-22)14-26(3,35-17(2)38)13-27(28,29)30/h5-12,14,16,20,22,36H,13,15H2,1-4H3,(H,31,37)(H2,30,32,33);5-14,17,21-22H,15-16H2,1-4H3,(H,31,36)(H2,30,32,33);4-11,15H,12-14H2,1-3H3,(H,32,39)(H,35,38)(H2,31,33,34). The number of hydrogen-bond acceptors (Lipinski definition) is 17. The number of hydrogen-bond donors (Lipinski definition) is 8. The first-order valence-electron chi connectivity index (χ1n) is 36.9. The molecule has 24 nitrogen and oxygen atoms in total. The molecule has 2 aliphatic carbocycles. The van der Waals surface area contributed by atoms with Crippen LogP contribution in [0.15, 0.2) is 189 Å². The fourth-order valence-corrected chi connectivity index (χ4v) is 14.4. The Kier molecular flexibility index (Phi) is 22.9. The molecule has 0 fully saturated rings. The maximum atomic E-state index is 13.4. The Morgan fingerprint density at radius 1 is 0.482 bits per heavy atom. The third-order valence-corrected chi connectivity index (χ3v) is 20.4. The molecule has 0 saturated heterocycles. The highest BCUT2D eigenvalue weighted by atomic mass is 19.4.